The van der Waals surface area contributed by atoms with Gasteiger partial charge in [-0.15, -0.1) is 47.0 Å². The van der Waals surface area contributed by atoms with E-state index >= 15 is 0 Å². The van der Waals surface area contributed by atoms with Crippen LogP contribution < -0.4 is 42.5 Å². The van der Waals surface area contributed by atoms with Crippen LogP contribution in [0.25, 0.3) is 0 Å². The van der Waals surface area contributed by atoms with Crippen molar-refractivity contribution in [2.45, 2.75) is 223 Å². The highest BCUT2D eigenvalue weighted by molar-refractivity contribution is 8.16. The van der Waals surface area contributed by atoms with Gasteiger partial charge >= 0.3 is 0 Å². The molecule has 25 heteroatoms. The zero-order valence-corrected chi connectivity index (χ0v) is 63.5. The molecule has 0 saturated heterocycles. The molecule has 0 aliphatic rings. The Bertz CT molecular complexity index is 1760. The first-order chi connectivity index (χ1) is 39.5. The molecule has 0 saturated carbocycles. The van der Waals surface area contributed by atoms with Crippen molar-refractivity contribution in [2.24, 2.45) is 10.8 Å². The summed E-state index contributed by atoms with van der Waals surface area (Å²) >= 11 is 7.44. The summed E-state index contributed by atoms with van der Waals surface area (Å²) in [5, 5.41) is 54.8. The van der Waals surface area contributed by atoms with E-state index in [9.17, 15) is 24.3 Å². The van der Waals surface area contributed by atoms with Crippen molar-refractivity contribution in [3.63, 3.8) is 0 Å². The second-order valence-electron chi connectivity index (χ2n) is 27.9. The van der Waals surface area contributed by atoms with Gasteiger partial charge in [0.15, 0.2) is 25.0 Å². The minimum Gasteiger partial charge on any atom is -0.416 e. The third-order valence-corrected chi connectivity index (χ3v) is 33.9. The van der Waals surface area contributed by atoms with Crippen LogP contribution in [-0.4, -0.2) is 214 Å². The van der Waals surface area contributed by atoms with Crippen LogP contribution in [-0.2, 0) is 32.5 Å². The molecule has 0 fully saturated rings. The number of thioether (sulfide) groups is 4. The molecule has 0 aromatic heterocycles. The molecule has 2 atom stereocenters. The molecule has 0 bridgehead atoms. The molecule has 0 heterocycles. The Labute approximate surface area is 554 Å². The number of nitrogens with one attached hydrogen (secondary N) is 8. The molecule has 0 rings (SSSR count). The lowest BCUT2D eigenvalue weighted by atomic mass is 9.87. The monoisotopic (exact) mass is 1370 g/mol. The van der Waals surface area contributed by atoms with E-state index in [1.165, 1.54) is 0 Å². The number of amides is 4. The van der Waals surface area contributed by atoms with E-state index in [-0.39, 0.29) is 99.3 Å². The van der Waals surface area contributed by atoms with Crippen LogP contribution in [0.3, 0.4) is 0 Å². The SMILES string of the molecule is C.C.CC(C)(CO)[C@@H](O[Si](C)(C)C(C)(C)C)C(=O)NCCC(=O)NCCSCSCCNCCCNCCCCO.CC(C)(CO[Si](C)(C)C(C)(C)C)[C@@H](O[Si](C)(C)C(C)(C)C)C(=O)NCCC(=O)NCCSCSCCNCCCNCCCCO. The number of hydrogen-bond acceptors (Lipinski definition) is 18. The summed E-state index contributed by atoms with van der Waals surface area (Å²) in [6.07, 6.45) is 5.01. The summed E-state index contributed by atoms with van der Waals surface area (Å²) in [7, 11) is -6.51. The van der Waals surface area contributed by atoms with Gasteiger partial charge in [-0.2, -0.15) is 0 Å². The lowest BCUT2D eigenvalue weighted by Crippen LogP contribution is -2.56. The Morgan fingerprint density at radius 3 is 1.03 bits per heavy atom. The van der Waals surface area contributed by atoms with E-state index in [1.54, 1.807) is 0 Å². The van der Waals surface area contributed by atoms with Gasteiger partial charge in [-0.1, -0.05) is 105 Å². The fraction of sp³-hybridized carbons (Fsp3) is 0.935. The Hall–Kier alpha value is -0.469. The van der Waals surface area contributed by atoms with Gasteiger partial charge in [0.2, 0.25) is 23.6 Å². The van der Waals surface area contributed by atoms with Crippen molar-refractivity contribution in [3.8, 4) is 0 Å². The maximum atomic E-state index is 13.6. The van der Waals surface area contributed by atoms with E-state index in [0.29, 0.717) is 19.7 Å². The number of carbonyl (C=O) groups is 4. The predicted molar refractivity (Wildman–Crippen MR) is 390 cm³/mol. The van der Waals surface area contributed by atoms with Crippen molar-refractivity contribution < 1.29 is 47.8 Å². The molecule has 0 aromatic rings. The van der Waals surface area contributed by atoms with Gasteiger partial charge in [-0.25, -0.2) is 0 Å². The Morgan fingerprint density at radius 2 is 0.713 bits per heavy atom. The first-order valence-corrected chi connectivity index (χ1v) is 44.9. The van der Waals surface area contributed by atoms with Gasteiger partial charge in [0, 0.05) is 116 Å². The van der Waals surface area contributed by atoms with Crippen molar-refractivity contribution in [1.29, 1.82) is 0 Å². The molecule has 87 heavy (non-hydrogen) atoms. The second kappa shape index (κ2) is 50.0. The normalized spacial score (nSPS) is 13.4. The summed E-state index contributed by atoms with van der Waals surface area (Å²) in [6.45, 7) is 50.8. The molecule has 0 spiro atoms. The van der Waals surface area contributed by atoms with Gasteiger partial charge in [0.25, 0.3) is 0 Å². The van der Waals surface area contributed by atoms with Gasteiger partial charge < -0.3 is 71.1 Å². The molecule has 0 unspecified atom stereocenters. The van der Waals surface area contributed by atoms with Crippen LogP contribution in [0.2, 0.25) is 54.4 Å². The number of carbonyl (C=O) groups excluding carboxylic acids is 4. The number of rotatable bonds is 50. The highest BCUT2D eigenvalue weighted by Gasteiger charge is 2.48. The average Bonchev–Trinajstić information content (AvgIpc) is 1.56. The van der Waals surface area contributed by atoms with Gasteiger partial charge in [-0.3, -0.25) is 19.2 Å². The highest BCUT2D eigenvalue weighted by atomic mass is 32.2. The van der Waals surface area contributed by atoms with Crippen molar-refractivity contribution in [2.75, 3.05) is 138 Å². The number of aliphatic hydroxyl groups is 3. The molecule has 11 N–H and O–H groups in total. The number of unbranched alkanes of at least 4 members (excludes halogenated alkanes) is 2. The van der Waals surface area contributed by atoms with E-state index in [1.807, 2.05) is 60.9 Å². The lowest BCUT2D eigenvalue weighted by molar-refractivity contribution is -0.136. The first-order valence-electron chi connectivity index (χ1n) is 31.5. The summed E-state index contributed by atoms with van der Waals surface area (Å²) in [5.74, 6) is 3.27. The Kier molecular flexibility index (Phi) is 53.4. The minimum absolute atomic E-state index is 0. The van der Waals surface area contributed by atoms with Gasteiger partial charge in [0.05, 0.1) is 6.61 Å². The zero-order chi connectivity index (χ0) is 65.3. The quantitative estimate of drug-likeness (QED) is 0.0154. The van der Waals surface area contributed by atoms with E-state index in [0.717, 1.165) is 124 Å². The summed E-state index contributed by atoms with van der Waals surface area (Å²) in [6, 6.07) is 0. The Balaban J connectivity index is -0.000000784. The van der Waals surface area contributed by atoms with Crippen LogP contribution in [0.5, 0.6) is 0 Å². The summed E-state index contributed by atoms with van der Waals surface area (Å²) < 4.78 is 19.7. The molecule has 522 valence electrons. The van der Waals surface area contributed by atoms with Crippen molar-refractivity contribution in [3.05, 3.63) is 0 Å². The minimum atomic E-state index is -2.26. The van der Waals surface area contributed by atoms with E-state index in [2.05, 4.69) is 158 Å². The van der Waals surface area contributed by atoms with Crippen LogP contribution in [0.1, 0.15) is 156 Å². The van der Waals surface area contributed by atoms with E-state index < -0.39 is 48.0 Å². The largest absolute Gasteiger partial charge is 0.416 e. The summed E-state index contributed by atoms with van der Waals surface area (Å²) in [4.78, 5) is 51.2. The topological polar surface area (TPSA) is 253 Å². The second-order valence-corrected chi connectivity index (χ2v) is 47.4. The van der Waals surface area contributed by atoms with Gasteiger partial charge in [-0.05, 0) is 132 Å². The highest BCUT2D eigenvalue weighted by Crippen LogP contribution is 2.42. The molecular formula is C62H138N8O10S4Si3. The van der Waals surface area contributed by atoms with Crippen LogP contribution in [0.15, 0.2) is 0 Å². The van der Waals surface area contributed by atoms with Crippen LogP contribution in [0, 0.1) is 10.8 Å². The fourth-order valence-corrected chi connectivity index (χ4v) is 14.7. The van der Waals surface area contributed by atoms with Crippen LogP contribution in [0.4, 0.5) is 0 Å². The third kappa shape index (κ3) is 45.5. The molecule has 18 nitrogen and oxygen atoms in total. The first kappa shape index (κ1) is 92.9. The molecule has 0 aliphatic carbocycles. The average molecular weight is 1370 g/mol. The maximum Gasteiger partial charge on any atom is 0.248 e. The van der Waals surface area contributed by atoms with Crippen molar-refractivity contribution >= 4 is 95.6 Å². The molecule has 0 aliphatic heterocycles. The maximum absolute atomic E-state index is 13.6. The molecule has 0 aromatic carbocycles. The number of hydrogen-bond donors (Lipinski definition) is 11. The number of aliphatic hydroxyl groups excluding tert-OH is 3. The lowest BCUT2D eigenvalue weighted by Gasteiger charge is -2.45. The standard InChI is InChI=1S/C33H72N4O5S2Si2.C27H58N4O5S2Si.2CH4/c1-31(2,3)45(9,10)41-26-33(7,8)29(42-46(11,12)32(4,5)6)30(40)37-20-16-28(39)36-22-25-44-27-43-24-21-35-19-15-18-34-17-13-14-23-38;1-26(2,3)39(6,7)36-24(27(4,5)21-33)25(35)31-15-11-23(34)30-17-20-38-22-37-19-16-29-14-10-13-28-12-8-9-18-32;;/h29,34-35,38H,13-27H2,1-12H3,(H,36,39)(H,37,40);24,28-29,32-33H,8-22H2,1-7H3,(H,30,34)(H,31,35);2*1H4/t29-;24-;;/m00../s1. The molecule has 4 amide bonds. The molecular weight excluding hydrogens is 1230 g/mol. The van der Waals surface area contributed by atoms with Crippen molar-refractivity contribution in [1.82, 2.24) is 42.5 Å². The van der Waals surface area contributed by atoms with E-state index in [4.69, 9.17) is 23.5 Å². The third-order valence-electron chi connectivity index (χ3n) is 15.9. The van der Waals surface area contributed by atoms with Gasteiger partial charge in [0.1, 0.15) is 12.2 Å². The zero-order valence-electron chi connectivity index (χ0n) is 57.2. The smallest absolute Gasteiger partial charge is 0.248 e. The fourth-order valence-electron chi connectivity index (χ4n) is 6.85. The van der Waals surface area contributed by atoms with Crippen LogP contribution >= 0.6 is 47.0 Å². The summed E-state index contributed by atoms with van der Waals surface area (Å²) in [5.41, 5.74) is -1.27. The molecule has 0 radical (unpaired) electrons. The Morgan fingerprint density at radius 1 is 0.402 bits per heavy atom. The predicted octanol–water partition coefficient (Wildman–Crippen LogP) is 9.87.